The van der Waals surface area contributed by atoms with E-state index in [1.165, 1.54) is 23.1 Å². The summed E-state index contributed by atoms with van der Waals surface area (Å²) in [5.74, 6) is 0.321. The Balaban J connectivity index is 1.84. The van der Waals surface area contributed by atoms with Crippen molar-refractivity contribution in [1.82, 2.24) is 15.5 Å². The minimum Gasteiger partial charge on any atom is -0.467 e. The molecule has 0 spiro atoms. The maximum Gasteiger partial charge on any atom is 0.318 e. The van der Waals surface area contributed by atoms with Crippen LogP contribution in [0, 0.1) is 0 Å². The van der Waals surface area contributed by atoms with Gasteiger partial charge in [0.15, 0.2) is 4.34 Å². The summed E-state index contributed by atoms with van der Waals surface area (Å²) in [7, 11) is 0. The zero-order valence-corrected chi connectivity index (χ0v) is 12.7. The van der Waals surface area contributed by atoms with E-state index in [4.69, 9.17) is 10.2 Å². The topological polar surface area (TPSA) is 123 Å². The highest BCUT2D eigenvalue weighted by molar-refractivity contribution is 8.02. The molecule has 10 heteroatoms. The van der Waals surface area contributed by atoms with Gasteiger partial charge >= 0.3 is 6.03 Å². The van der Waals surface area contributed by atoms with Gasteiger partial charge in [-0.3, -0.25) is 10.1 Å². The standard InChI is InChI=1S/C11H13N5O3S2/c1-6(8(17)14-9(12)18)20-11-16-15-10(21-11)13-5-7-3-2-4-19-7/h2-4,6H,5H2,1H3,(H,13,15)(H3,12,14,17,18)/t6-/m1/s1. The van der Waals surface area contributed by atoms with Gasteiger partial charge < -0.3 is 15.5 Å². The third-order valence-corrected chi connectivity index (χ3v) is 4.36. The normalized spacial score (nSPS) is 11.9. The molecule has 21 heavy (non-hydrogen) atoms. The Labute approximate surface area is 128 Å². The molecular weight excluding hydrogens is 314 g/mol. The second kappa shape index (κ2) is 7.09. The van der Waals surface area contributed by atoms with Crippen LogP contribution in [0.1, 0.15) is 12.7 Å². The van der Waals surface area contributed by atoms with Crippen LogP contribution in [-0.2, 0) is 11.3 Å². The van der Waals surface area contributed by atoms with Crippen LogP contribution in [0.4, 0.5) is 9.93 Å². The number of nitrogens with two attached hydrogens (primary N) is 1. The van der Waals surface area contributed by atoms with Gasteiger partial charge in [-0.25, -0.2) is 4.79 Å². The number of anilines is 1. The van der Waals surface area contributed by atoms with Crippen LogP contribution in [0.2, 0.25) is 0 Å². The molecule has 8 nitrogen and oxygen atoms in total. The van der Waals surface area contributed by atoms with Crippen LogP contribution in [0.5, 0.6) is 0 Å². The number of carbonyl (C=O) groups excluding carboxylic acids is 2. The third kappa shape index (κ3) is 4.76. The summed E-state index contributed by atoms with van der Waals surface area (Å²) in [6, 6.07) is 2.78. The predicted octanol–water partition coefficient (Wildman–Crippen LogP) is 1.42. The lowest BCUT2D eigenvalue weighted by Crippen LogP contribution is -2.39. The van der Waals surface area contributed by atoms with Gasteiger partial charge in [0, 0.05) is 0 Å². The zero-order valence-electron chi connectivity index (χ0n) is 11.0. The van der Waals surface area contributed by atoms with Gasteiger partial charge in [0.2, 0.25) is 11.0 Å². The zero-order chi connectivity index (χ0) is 15.2. The predicted molar refractivity (Wildman–Crippen MR) is 79.0 cm³/mol. The number of amides is 3. The lowest BCUT2D eigenvalue weighted by molar-refractivity contribution is -0.119. The molecule has 0 bridgehead atoms. The van der Waals surface area contributed by atoms with Crippen molar-refractivity contribution in [3.8, 4) is 0 Å². The maximum absolute atomic E-state index is 11.5. The Kier molecular flexibility index (Phi) is 5.17. The summed E-state index contributed by atoms with van der Waals surface area (Å²) < 4.78 is 5.80. The number of carbonyl (C=O) groups is 2. The number of primary amides is 1. The van der Waals surface area contributed by atoms with Gasteiger partial charge in [0.1, 0.15) is 5.76 Å². The first-order chi connectivity index (χ1) is 10.0. The number of thioether (sulfide) groups is 1. The molecule has 112 valence electrons. The number of hydrogen-bond donors (Lipinski definition) is 3. The number of nitrogens with zero attached hydrogens (tertiary/aromatic N) is 2. The second-order valence-corrected chi connectivity index (χ2v) is 6.49. The molecule has 0 aliphatic carbocycles. The van der Waals surface area contributed by atoms with Gasteiger partial charge in [0.25, 0.3) is 0 Å². The Bertz CT molecular complexity index is 613. The maximum atomic E-state index is 11.5. The number of furan rings is 1. The first-order valence-electron chi connectivity index (χ1n) is 5.91. The molecule has 2 rings (SSSR count). The van der Waals surface area contributed by atoms with E-state index < -0.39 is 17.2 Å². The van der Waals surface area contributed by atoms with E-state index in [1.54, 1.807) is 19.3 Å². The SMILES string of the molecule is C[C@@H](Sc1nnc(NCc2ccco2)s1)C(=O)NC(N)=O. The minimum atomic E-state index is -0.870. The van der Waals surface area contributed by atoms with Crippen molar-refractivity contribution in [3.05, 3.63) is 24.2 Å². The summed E-state index contributed by atoms with van der Waals surface area (Å²) in [4.78, 5) is 22.1. The van der Waals surface area contributed by atoms with Crippen LogP contribution < -0.4 is 16.4 Å². The highest BCUT2D eigenvalue weighted by Crippen LogP contribution is 2.29. The van der Waals surface area contributed by atoms with E-state index in [0.717, 1.165) is 5.76 Å². The number of urea groups is 1. The van der Waals surface area contributed by atoms with Crippen molar-refractivity contribution in [2.75, 3.05) is 5.32 Å². The highest BCUT2D eigenvalue weighted by Gasteiger charge is 2.18. The minimum absolute atomic E-state index is 0.465. The van der Waals surface area contributed by atoms with Gasteiger partial charge in [-0.05, 0) is 19.1 Å². The summed E-state index contributed by atoms with van der Waals surface area (Å²) in [5.41, 5.74) is 4.89. The first kappa shape index (κ1) is 15.3. The molecular formula is C11H13N5O3S2. The fraction of sp³-hybridized carbons (Fsp3) is 0.273. The molecule has 2 aromatic rings. The molecule has 2 heterocycles. The molecule has 0 aliphatic heterocycles. The molecule has 0 saturated heterocycles. The Hall–Kier alpha value is -2.07. The quantitative estimate of drug-likeness (QED) is 0.685. The number of aromatic nitrogens is 2. The van der Waals surface area contributed by atoms with Crippen LogP contribution >= 0.6 is 23.1 Å². The van der Waals surface area contributed by atoms with Gasteiger partial charge in [-0.2, -0.15) is 0 Å². The average molecular weight is 327 g/mol. The fourth-order valence-corrected chi connectivity index (χ4v) is 3.22. The van der Waals surface area contributed by atoms with Crippen LogP contribution in [0.15, 0.2) is 27.2 Å². The lowest BCUT2D eigenvalue weighted by atomic mass is 10.4. The van der Waals surface area contributed by atoms with Crippen LogP contribution in [0.3, 0.4) is 0 Å². The largest absolute Gasteiger partial charge is 0.467 e. The van der Waals surface area contributed by atoms with Gasteiger partial charge in [-0.15, -0.1) is 10.2 Å². The van der Waals surface area contributed by atoms with E-state index in [2.05, 4.69) is 15.5 Å². The summed E-state index contributed by atoms with van der Waals surface area (Å²) in [6.45, 7) is 2.16. The first-order valence-corrected chi connectivity index (χ1v) is 7.61. The molecule has 2 aromatic heterocycles. The molecule has 0 radical (unpaired) electrons. The van der Waals surface area contributed by atoms with Crippen molar-refractivity contribution in [1.29, 1.82) is 0 Å². The van der Waals surface area contributed by atoms with Crippen molar-refractivity contribution < 1.29 is 14.0 Å². The van der Waals surface area contributed by atoms with E-state index in [-0.39, 0.29) is 0 Å². The molecule has 0 aromatic carbocycles. The Morgan fingerprint density at radius 1 is 1.52 bits per heavy atom. The molecule has 0 aliphatic rings. The van der Waals surface area contributed by atoms with E-state index in [0.29, 0.717) is 16.0 Å². The fourth-order valence-electron chi connectivity index (χ4n) is 1.33. The monoisotopic (exact) mass is 327 g/mol. The molecule has 0 fully saturated rings. The van der Waals surface area contributed by atoms with Gasteiger partial charge in [-0.1, -0.05) is 23.1 Å². The summed E-state index contributed by atoms with van der Waals surface area (Å²) >= 11 is 2.51. The number of imide groups is 1. The smallest absolute Gasteiger partial charge is 0.318 e. The van der Waals surface area contributed by atoms with Crippen molar-refractivity contribution in [2.45, 2.75) is 23.1 Å². The van der Waals surface area contributed by atoms with Crippen molar-refractivity contribution >= 4 is 40.2 Å². The van der Waals surface area contributed by atoms with E-state index in [1.807, 2.05) is 11.4 Å². The molecule has 3 amide bonds. The third-order valence-electron chi connectivity index (χ3n) is 2.29. The number of nitrogens with one attached hydrogen (secondary N) is 2. The van der Waals surface area contributed by atoms with Crippen LogP contribution in [0.25, 0.3) is 0 Å². The molecule has 1 atom stereocenters. The highest BCUT2D eigenvalue weighted by atomic mass is 32.2. The van der Waals surface area contributed by atoms with Gasteiger partial charge in [0.05, 0.1) is 18.1 Å². The lowest BCUT2D eigenvalue weighted by Gasteiger charge is -2.06. The second-order valence-electron chi connectivity index (χ2n) is 3.92. The number of rotatable bonds is 6. The molecule has 0 saturated carbocycles. The Morgan fingerprint density at radius 3 is 3.00 bits per heavy atom. The van der Waals surface area contributed by atoms with E-state index >= 15 is 0 Å². The molecule has 0 unspecified atom stereocenters. The van der Waals surface area contributed by atoms with Crippen LogP contribution in [-0.4, -0.2) is 27.4 Å². The molecule has 4 N–H and O–H groups in total. The Morgan fingerprint density at radius 2 is 2.33 bits per heavy atom. The summed E-state index contributed by atoms with van der Waals surface area (Å²) in [6.07, 6.45) is 1.59. The summed E-state index contributed by atoms with van der Waals surface area (Å²) in [5, 5.41) is 13.1. The van der Waals surface area contributed by atoms with E-state index in [9.17, 15) is 9.59 Å². The van der Waals surface area contributed by atoms with Crippen molar-refractivity contribution in [3.63, 3.8) is 0 Å². The number of hydrogen-bond acceptors (Lipinski definition) is 8. The average Bonchev–Trinajstić information content (AvgIpc) is 3.06. The van der Waals surface area contributed by atoms with Crippen molar-refractivity contribution in [2.24, 2.45) is 5.73 Å².